The van der Waals surface area contributed by atoms with Gasteiger partial charge in [-0.3, -0.25) is 5.10 Å². The molecular formula is C23H22FN7. The van der Waals surface area contributed by atoms with E-state index in [-0.39, 0.29) is 5.82 Å². The molecule has 0 radical (unpaired) electrons. The van der Waals surface area contributed by atoms with Crippen molar-refractivity contribution in [1.29, 1.82) is 0 Å². The smallest absolute Gasteiger partial charge is 0.227 e. The first-order valence-corrected chi connectivity index (χ1v) is 10.4. The molecule has 31 heavy (non-hydrogen) atoms. The number of anilines is 3. The van der Waals surface area contributed by atoms with E-state index in [1.165, 1.54) is 18.8 Å². The highest BCUT2D eigenvalue weighted by atomic mass is 19.1. The first kappa shape index (κ1) is 19.2. The van der Waals surface area contributed by atoms with Crippen LogP contribution in [-0.4, -0.2) is 38.2 Å². The molecule has 2 aromatic heterocycles. The molecule has 1 aliphatic heterocycles. The number of aromatic nitrogens is 5. The highest BCUT2D eigenvalue weighted by Crippen LogP contribution is 2.28. The van der Waals surface area contributed by atoms with E-state index in [1.54, 1.807) is 18.3 Å². The van der Waals surface area contributed by atoms with Crippen molar-refractivity contribution in [3.63, 3.8) is 0 Å². The van der Waals surface area contributed by atoms with Gasteiger partial charge in [-0.1, -0.05) is 0 Å². The van der Waals surface area contributed by atoms with E-state index < -0.39 is 0 Å². The van der Waals surface area contributed by atoms with Gasteiger partial charge in [0.05, 0.1) is 5.69 Å². The molecule has 2 aromatic carbocycles. The van der Waals surface area contributed by atoms with E-state index in [9.17, 15) is 4.39 Å². The van der Waals surface area contributed by atoms with Gasteiger partial charge >= 0.3 is 0 Å². The Kier molecular flexibility index (Phi) is 5.26. The Labute approximate surface area is 179 Å². The molecule has 0 bridgehead atoms. The van der Waals surface area contributed by atoms with E-state index in [0.29, 0.717) is 17.5 Å². The van der Waals surface area contributed by atoms with Crippen LogP contribution in [0.4, 0.5) is 21.7 Å². The van der Waals surface area contributed by atoms with Gasteiger partial charge in [-0.2, -0.15) is 5.10 Å². The van der Waals surface area contributed by atoms with Crippen LogP contribution in [0.25, 0.3) is 22.6 Å². The summed E-state index contributed by atoms with van der Waals surface area (Å²) in [6.45, 7) is 1.92. The molecule has 8 heteroatoms. The monoisotopic (exact) mass is 415 g/mol. The summed E-state index contributed by atoms with van der Waals surface area (Å²) in [5, 5.41) is 9.92. The van der Waals surface area contributed by atoms with E-state index in [1.807, 2.05) is 30.3 Å². The maximum absolute atomic E-state index is 14.4. The number of hydrogen-bond donors (Lipinski definition) is 2. The van der Waals surface area contributed by atoms with Crippen molar-refractivity contribution < 1.29 is 4.39 Å². The number of hydrogen-bond acceptors (Lipinski definition) is 6. The second-order valence-corrected chi connectivity index (χ2v) is 7.55. The Hall–Kier alpha value is -3.81. The minimum Gasteiger partial charge on any atom is -0.371 e. The van der Waals surface area contributed by atoms with Gasteiger partial charge in [-0.25, -0.2) is 19.3 Å². The molecule has 1 fully saturated rings. The Balaban J connectivity index is 1.37. The number of rotatable bonds is 5. The lowest BCUT2D eigenvalue weighted by atomic mass is 10.1. The largest absolute Gasteiger partial charge is 0.371 e. The fourth-order valence-corrected chi connectivity index (χ4v) is 3.82. The molecule has 156 valence electrons. The Morgan fingerprint density at radius 1 is 0.903 bits per heavy atom. The summed E-state index contributed by atoms with van der Waals surface area (Å²) in [5.41, 5.74) is 4.10. The van der Waals surface area contributed by atoms with Gasteiger partial charge in [-0.05, 0) is 67.8 Å². The van der Waals surface area contributed by atoms with E-state index >= 15 is 0 Å². The van der Waals surface area contributed by atoms with Crippen LogP contribution in [0.1, 0.15) is 19.3 Å². The molecule has 1 aliphatic rings. The Bertz CT molecular complexity index is 1150. The topological polar surface area (TPSA) is 82.6 Å². The fraction of sp³-hybridized carbons (Fsp3) is 0.217. The van der Waals surface area contributed by atoms with Crippen molar-refractivity contribution in [3.8, 4) is 22.6 Å². The molecule has 0 atom stereocenters. The quantitative estimate of drug-likeness (QED) is 0.487. The van der Waals surface area contributed by atoms with E-state index in [4.69, 9.17) is 0 Å². The lowest BCUT2D eigenvalue weighted by molar-refractivity contribution is 0.574. The maximum Gasteiger partial charge on any atom is 0.227 e. The lowest BCUT2D eigenvalue weighted by Gasteiger charge is -2.29. The Morgan fingerprint density at radius 2 is 1.74 bits per heavy atom. The lowest BCUT2D eigenvalue weighted by Crippen LogP contribution is -2.29. The van der Waals surface area contributed by atoms with Crippen LogP contribution < -0.4 is 10.2 Å². The zero-order valence-corrected chi connectivity index (χ0v) is 16.9. The van der Waals surface area contributed by atoms with Gasteiger partial charge in [0.15, 0.2) is 5.82 Å². The van der Waals surface area contributed by atoms with Gasteiger partial charge in [0.2, 0.25) is 5.95 Å². The van der Waals surface area contributed by atoms with Gasteiger partial charge in [0, 0.05) is 41.8 Å². The van der Waals surface area contributed by atoms with Crippen molar-refractivity contribution in [2.75, 3.05) is 23.3 Å². The molecule has 0 unspecified atom stereocenters. The van der Waals surface area contributed by atoms with Crippen molar-refractivity contribution in [1.82, 2.24) is 25.1 Å². The van der Waals surface area contributed by atoms with Crippen LogP contribution in [-0.2, 0) is 0 Å². The summed E-state index contributed by atoms with van der Waals surface area (Å²) >= 11 is 0. The predicted molar refractivity (Wildman–Crippen MR) is 119 cm³/mol. The molecule has 0 saturated carbocycles. The summed E-state index contributed by atoms with van der Waals surface area (Å²) in [5.74, 6) is 0.906. The molecular weight excluding hydrogens is 393 g/mol. The van der Waals surface area contributed by atoms with Crippen LogP contribution in [0.15, 0.2) is 61.1 Å². The minimum absolute atomic E-state index is 0.255. The normalized spacial score (nSPS) is 13.9. The second kappa shape index (κ2) is 8.51. The number of aromatic amines is 1. The SMILES string of the molecule is Fc1cc(-c2ccnc(Nc3ccc(-c4ncn[nH]4)cc3)n2)cc(N2CCCCC2)c1. The second-order valence-electron chi connectivity index (χ2n) is 7.55. The van der Waals surface area contributed by atoms with Crippen LogP contribution >= 0.6 is 0 Å². The summed E-state index contributed by atoms with van der Waals surface area (Å²) in [6.07, 6.45) is 6.67. The first-order chi connectivity index (χ1) is 15.2. The average molecular weight is 415 g/mol. The molecule has 0 spiro atoms. The Morgan fingerprint density at radius 3 is 2.52 bits per heavy atom. The highest BCUT2D eigenvalue weighted by molar-refractivity contribution is 5.68. The molecule has 3 heterocycles. The summed E-state index contributed by atoms with van der Waals surface area (Å²) in [4.78, 5) is 15.3. The number of nitrogens with one attached hydrogen (secondary N) is 2. The molecule has 5 rings (SSSR count). The van der Waals surface area contributed by atoms with Crippen molar-refractivity contribution in [2.24, 2.45) is 0 Å². The minimum atomic E-state index is -0.255. The third kappa shape index (κ3) is 4.37. The fourth-order valence-electron chi connectivity index (χ4n) is 3.82. The molecule has 0 aliphatic carbocycles. The molecule has 1 saturated heterocycles. The van der Waals surface area contributed by atoms with Gasteiger partial charge < -0.3 is 10.2 Å². The number of halogens is 1. The van der Waals surface area contributed by atoms with Crippen LogP contribution in [0.5, 0.6) is 0 Å². The van der Waals surface area contributed by atoms with Gasteiger partial charge in [0.25, 0.3) is 0 Å². The standard InChI is InChI=1S/C23H22FN7/c24-18-12-17(13-20(14-18)31-10-2-1-3-11-31)21-8-9-25-23(29-21)28-19-6-4-16(5-7-19)22-26-15-27-30-22/h4-9,12-15H,1-3,10-11H2,(H,25,28,29)(H,26,27,30). The van der Waals surface area contributed by atoms with Crippen molar-refractivity contribution >= 4 is 17.3 Å². The van der Waals surface area contributed by atoms with Crippen LogP contribution in [0, 0.1) is 5.82 Å². The third-order valence-electron chi connectivity index (χ3n) is 5.38. The van der Waals surface area contributed by atoms with E-state index in [0.717, 1.165) is 48.4 Å². The highest BCUT2D eigenvalue weighted by Gasteiger charge is 2.14. The third-order valence-corrected chi connectivity index (χ3v) is 5.38. The van der Waals surface area contributed by atoms with Crippen molar-refractivity contribution in [3.05, 3.63) is 66.9 Å². The molecule has 0 amide bonds. The maximum atomic E-state index is 14.4. The zero-order valence-electron chi connectivity index (χ0n) is 16.9. The summed E-state index contributed by atoms with van der Waals surface area (Å²) < 4.78 is 14.4. The van der Waals surface area contributed by atoms with E-state index in [2.05, 4.69) is 35.4 Å². The zero-order chi connectivity index (χ0) is 21.0. The molecule has 4 aromatic rings. The van der Waals surface area contributed by atoms with Gasteiger partial charge in [-0.15, -0.1) is 0 Å². The average Bonchev–Trinajstić information content (AvgIpc) is 3.35. The number of H-pyrrole nitrogens is 1. The first-order valence-electron chi connectivity index (χ1n) is 10.4. The van der Waals surface area contributed by atoms with Crippen LogP contribution in [0.2, 0.25) is 0 Å². The van der Waals surface area contributed by atoms with Crippen molar-refractivity contribution in [2.45, 2.75) is 19.3 Å². The number of piperidine rings is 1. The summed E-state index contributed by atoms with van der Waals surface area (Å²) in [6, 6.07) is 14.6. The van der Waals surface area contributed by atoms with Crippen LogP contribution in [0.3, 0.4) is 0 Å². The number of benzene rings is 2. The molecule has 7 nitrogen and oxygen atoms in total. The number of nitrogens with zero attached hydrogens (tertiary/aromatic N) is 5. The van der Waals surface area contributed by atoms with Gasteiger partial charge in [0.1, 0.15) is 12.1 Å². The predicted octanol–water partition coefficient (Wildman–Crippen LogP) is 4.80. The summed E-state index contributed by atoms with van der Waals surface area (Å²) in [7, 11) is 0. The molecule has 2 N–H and O–H groups in total.